The Morgan fingerprint density at radius 2 is 2.00 bits per heavy atom. The van der Waals surface area contributed by atoms with Crippen molar-refractivity contribution < 1.29 is 33.5 Å². The van der Waals surface area contributed by atoms with Gasteiger partial charge in [-0.15, -0.1) is 23.1 Å². The number of rotatable bonds is 13. The van der Waals surface area contributed by atoms with Crippen LogP contribution in [0.5, 0.6) is 0 Å². The smallest absolute Gasteiger partial charge is 0.355 e. The SMILES string of the molecule is CCN(CC)CCOC(=O)C1=C(COC)CSC2C(NC(=O)/C(=N\OC)c3csc(NC(C)=O)n3)C(=O)N12. The second-order valence-corrected chi connectivity index (χ2v) is 10.2. The molecule has 2 N–H and O–H groups in total. The molecule has 1 aromatic rings. The second-order valence-electron chi connectivity index (χ2n) is 8.25. The van der Waals surface area contributed by atoms with Crippen LogP contribution in [-0.2, 0) is 33.5 Å². The Kier molecular flexibility index (Phi) is 10.6. The number of anilines is 1. The van der Waals surface area contributed by atoms with Gasteiger partial charge in [-0.2, -0.15) is 0 Å². The van der Waals surface area contributed by atoms with E-state index in [0.717, 1.165) is 24.4 Å². The molecular weight excluding hydrogens is 536 g/mol. The molecule has 13 nitrogen and oxygen atoms in total. The standard InChI is InChI=1S/C23H32N6O7S2/c1-6-28(7-2)8-9-36-22(33)18-14(10-34-4)11-37-21-17(20(32)29(18)21)26-19(31)16(27-35-5)15-12-38-23(25-15)24-13(3)30/h12,17,21H,6-11H2,1-5H3,(H,26,31)(H,24,25,30)/b27-16-. The molecule has 3 amide bonds. The lowest BCUT2D eigenvalue weighted by molar-refractivity contribution is -0.152. The first-order chi connectivity index (χ1) is 18.2. The van der Waals surface area contributed by atoms with Crippen molar-refractivity contribution in [2.75, 3.05) is 58.1 Å². The molecule has 2 atom stereocenters. The highest BCUT2D eigenvalue weighted by Gasteiger charge is 2.54. The predicted octanol–water partition coefficient (Wildman–Crippen LogP) is 0.637. The van der Waals surface area contributed by atoms with Gasteiger partial charge in [0.2, 0.25) is 5.91 Å². The summed E-state index contributed by atoms with van der Waals surface area (Å²) in [5.41, 5.74) is 0.835. The van der Waals surface area contributed by atoms with E-state index in [-0.39, 0.29) is 41.4 Å². The molecule has 0 saturated carbocycles. The molecule has 38 heavy (non-hydrogen) atoms. The summed E-state index contributed by atoms with van der Waals surface area (Å²) < 4.78 is 10.8. The van der Waals surface area contributed by atoms with Crippen molar-refractivity contribution in [2.45, 2.75) is 32.2 Å². The third-order valence-corrected chi connectivity index (χ3v) is 7.91. The van der Waals surface area contributed by atoms with E-state index in [1.165, 1.54) is 37.8 Å². The van der Waals surface area contributed by atoms with Crippen LogP contribution < -0.4 is 10.6 Å². The van der Waals surface area contributed by atoms with Crippen LogP contribution >= 0.6 is 23.1 Å². The van der Waals surface area contributed by atoms with Crippen LogP contribution in [0.15, 0.2) is 21.8 Å². The van der Waals surface area contributed by atoms with Gasteiger partial charge in [0.25, 0.3) is 11.8 Å². The van der Waals surface area contributed by atoms with Crippen molar-refractivity contribution in [3.8, 4) is 0 Å². The highest BCUT2D eigenvalue weighted by molar-refractivity contribution is 8.00. The largest absolute Gasteiger partial charge is 0.460 e. The molecular formula is C23H32N6O7S2. The van der Waals surface area contributed by atoms with Crippen molar-refractivity contribution >= 4 is 57.6 Å². The molecule has 0 aliphatic carbocycles. The van der Waals surface area contributed by atoms with Gasteiger partial charge in [0.1, 0.15) is 36.5 Å². The van der Waals surface area contributed by atoms with E-state index in [1.807, 2.05) is 13.8 Å². The third-order valence-electron chi connectivity index (χ3n) is 5.81. The molecule has 0 spiro atoms. The number of methoxy groups -OCH3 is 1. The number of carbonyl (C=O) groups is 4. The Balaban J connectivity index is 1.72. The lowest BCUT2D eigenvalue weighted by Gasteiger charge is -2.49. The van der Waals surface area contributed by atoms with Crippen LogP contribution in [0.1, 0.15) is 26.5 Å². The molecule has 1 fully saturated rings. The van der Waals surface area contributed by atoms with Gasteiger partial charge in [-0.25, -0.2) is 9.78 Å². The zero-order chi connectivity index (χ0) is 27.8. The molecule has 0 radical (unpaired) electrons. The fourth-order valence-electron chi connectivity index (χ4n) is 3.93. The number of thiazole rings is 1. The minimum atomic E-state index is -0.898. The topological polar surface area (TPSA) is 152 Å². The Labute approximate surface area is 228 Å². The van der Waals surface area contributed by atoms with Crippen LogP contribution in [0.25, 0.3) is 0 Å². The van der Waals surface area contributed by atoms with Gasteiger partial charge in [0.05, 0.1) is 6.61 Å². The minimum Gasteiger partial charge on any atom is -0.460 e. The number of carbonyl (C=O) groups excluding carboxylic acids is 4. The number of esters is 1. The Morgan fingerprint density at radius 1 is 1.26 bits per heavy atom. The zero-order valence-electron chi connectivity index (χ0n) is 21.9. The van der Waals surface area contributed by atoms with Crippen LogP contribution in [0, 0.1) is 0 Å². The van der Waals surface area contributed by atoms with E-state index in [4.69, 9.17) is 14.3 Å². The van der Waals surface area contributed by atoms with E-state index in [9.17, 15) is 19.2 Å². The fourth-order valence-corrected chi connectivity index (χ4v) is 6.00. The molecule has 1 aromatic heterocycles. The molecule has 208 valence electrons. The molecule has 3 rings (SSSR count). The number of amides is 3. The molecule has 15 heteroatoms. The van der Waals surface area contributed by atoms with Crippen LogP contribution in [0.4, 0.5) is 5.13 Å². The van der Waals surface area contributed by atoms with Gasteiger partial charge < -0.3 is 29.8 Å². The monoisotopic (exact) mass is 568 g/mol. The summed E-state index contributed by atoms with van der Waals surface area (Å²) in [6.07, 6.45) is 0. The van der Waals surface area contributed by atoms with E-state index in [2.05, 4.69) is 25.7 Å². The number of hydrogen-bond acceptors (Lipinski definition) is 12. The number of oxime groups is 1. The van der Waals surface area contributed by atoms with Crippen molar-refractivity contribution in [3.05, 3.63) is 22.3 Å². The number of hydrogen-bond donors (Lipinski definition) is 2. The molecule has 0 bridgehead atoms. The number of likely N-dealkylation sites (N-methyl/N-ethyl adjacent to an activating group) is 1. The molecule has 3 heterocycles. The molecule has 0 aromatic carbocycles. The van der Waals surface area contributed by atoms with Gasteiger partial charge in [0, 0.05) is 31.7 Å². The number of β-lactam (4-membered cyclic amide) rings is 1. The number of ether oxygens (including phenoxy) is 2. The predicted molar refractivity (Wildman–Crippen MR) is 143 cm³/mol. The zero-order valence-corrected chi connectivity index (χ0v) is 23.6. The maximum atomic E-state index is 13.2. The lowest BCUT2D eigenvalue weighted by atomic mass is 10.0. The summed E-state index contributed by atoms with van der Waals surface area (Å²) in [7, 11) is 2.79. The first-order valence-corrected chi connectivity index (χ1v) is 13.9. The van der Waals surface area contributed by atoms with E-state index in [0.29, 0.717) is 17.9 Å². The van der Waals surface area contributed by atoms with Gasteiger partial charge in [0.15, 0.2) is 10.8 Å². The number of fused-ring (bicyclic) bond motifs is 1. The van der Waals surface area contributed by atoms with Crippen molar-refractivity contribution in [3.63, 3.8) is 0 Å². The van der Waals surface area contributed by atoms with Crippen molar-refractivity contribution in [1.29, 1.82) is 0 Å². The molecule has 1 saturated heterocycles. The van der Waals surface area contributed by atoms with Crippen LogP contribution in [-0.4, -0.2) is 108 Å². The average molecular weight is 569 g/mol. The average Bonchev–Trinajstić information content (AvgIpc) is 3.35. The van der Waals surface area contributed by atoms with Gasteiger partial charge in [-0.05, 0) is 18.7 Å². The lowest BCUT2D eigenvalue weighted by Crippen LogP contribution is -2.71. The van der Waals surface area contributed by atoms with E-state index < -0.39 is 29.2 Å². The maximum Gasteiger partial charge on any atom is 0.355 e. The quantitative estimate of drug-likeness (QED) is 0.150. The van der Waals surface area contributed by atoms with E-state index in [1.54, 1.807) is 5.38 Å². The van der Waals surface area contributed by atoms with Crippen molar-refractivity contribution in [1.82, 2.24) is 20.1 Å². The highest BCUT2D eigenvalue weighted by Crippen LogP contribution is 2.40. The summed E-state index contributed by atoms with van der Waals surface area (Å²) in [5, 5.41) is 10.3. The summed E-state index contributed by atoms with van der Waals surface area (Å²) in [6, 6.07) is -0.898. The normalized spacial score (nSPS) is 19.2. The van der Waals surface area contributed by atoms with E-state index >= 15 is 0 Å². The Bertz CT molecular complexity index is 1120. The Hall–Kier alpha value is -3.01. The minimum absolute atomic E-state index is 0.154. The maximum absolute atomic E-state index is 13.2. The number of aromatic nitrogens is 1. The number of nitrogens with one attached hydrogen (secondary N) is 2. The third kappa shape index (κ3) is 6.70. The van der Waals surface area contributed by atoms with Gasteiger partial charge in [-0.3, -0.25) is 19.3 Å². The molecule has 2 aliphatic heterocycles. The van der Waals surface area contributed by atoms with Crippen molar-refractivity contribution in [2.24, 2.45) is 5.16 Å². The fraction of sp³-hybridized carbons (Fsp3) is 0.565. The highest BCUT2D eigenvalue weighted by atomic mass is 32.2. The van der Waals surface area contributed by atoms with Crippen LogP contribution in [0.2, 0.25) is 0 Å². The van der Waals surface area contributed by atoms with Crippen LogP contribution in [0.3, 0.4) is 0 Å². The Morgan fingerprint density at radius 3 is 2.63 bits per heavy atom. The van der Waals surface area contributed by atoms with Gasteiger partial charge in [-0.1, -0.05) is 19.0 Å². The summed E-state index contributed by atoms with van der Waals surface area (Å²) >= 11 is 2.52. The number of nitrogens with zero attached hydrogens (tertiary/aromatic N) is 4. The molecule has 2 unspecified atom stereocenters. The summed E-state index contributed by atoms with van der Waals surface area (Å²) in [4.78, 5) is 63.1. The van der Waals surface area contributed by atoms with Gasteiger partial charge >= 0.3 is 5.97 Å². The number of thioether (sulfide) groups is 1. The molecule has 2 aliphatic rings. The summed E-state index contributed by atoms with van der Waals surface area (Å²) in [5.74, 6) is -1.60. The first kappa shape index (κ1) is 29.5. The first-order valence-electron chi connectivity index (χ1n) is 12.0. The summed E-state index contributed by atoms with van der Waals surface area (Å²) in [6.45, 7) is 8.01. The second kappa shape index (κ2) is 13.7.